The minimum atomic E-state index is -0.271. The van der Waals surface area contributed by atoms with E-state index in [9.17, 15) is 9.18 Å². The molecule has 0 saturated carbocycles. The van der Waals surface area contributed by atoms with E-state index in [0.717, 1.165) is 15.4 Å². The van der Waals surface area contributed by atoms with Gasteiger partial charge < -0.3 is 4.90 Å². The van der Waals surface area contributed by atoms with E-state index in [-0.39, 0.29) is 11.6 Å². The molecule has 0 radical (unpaired) electrons. The first kappa shape index (κ1) is 12.8. The number of nitrogens with zero attached hydrogens (tertiary/aromatic N) is 1. The molecule has 2 aromatic rings. The van der Waals surface area contributed by atoms with Crippen LogP contribution in [0.15, 0.2) is 36.4 Å². The topological polar surface area (TPSA) is 20.3 Å². The zero-order chi connectivity index (χ0) is 13.1. The Balaban J connectivity index is 2.05. The molecular weight excluding hydrogens is 249 g/mol. The number of hydrogen-bond acceptors (Lipinski definition) is 3. The maximum atomic E-state index is 12.8. The SMILES string of the molecule is Cc1ccc(C(=O)CN(C)c2ccc(F)cc2)s1. The first-order valence-electron chi connectivity index (χ1n) is 5.62. The second-order valence-electron chi connectivity index (χ2n) is 4.17. The smallest absolute Gasteiger partial charge is 0.191 e. The molecule has 0 atom stereocenters. The van der Waals surface area contributed by atoms with Crippen molar-refractivity contribution in [2.45, 2.75) is 6.92 Å². The fourth-order valence-electron chi connectivity index (χ4n) is 1.66. The summed E-state index contributed by atoms with van der Waals surface area (Å²) in [5.74, 6) is -0.188. The Kier molecular flexibility index (Phi) is 3.77. The Hall–Kier alpha value is -1.68. The minimum Gasteiger partial charge on any atom is -0.367 e. The average Bonchev–Trinajstić information content (AvgIpc) is 2.76. The highest BCUT2D eigenvalue weighted by atomic mass is 32.1. The Morgan fingerprint density at radius 1 is 1.22 bits per heavy atom. The predicted octanol–water partition coefficient (Wildman–Crippen LogP) is 3.51. The van der Waals surface area contributed by atoms with Crippen LogP contribution >= 0.6 is 11.3 Å². The van der Waals surface area contributed by atoms with Crippen molar-refractivity contribution in [3.05, 3.63) is 52.0 Å². The van der Waals surface area contributed by atoms with Crippen molar-refractivity contribution in [3.63, 3.8) is 0 Å². The summed E-state index contributed by atoms with van der Waals surface area (Å²) in [4.78, 5) is 15.7. The third-order valence-corrected chi connectivity index (χ3v) is 3.71. The molecule has 0 bridgehead atoms. The summed E-state index contributed by atoms with van der Waals surface area (Å²) in [7, 11) is 1.83. The highest BCUT2D eigenvalue weighted by Gasteiger charge is 2.11. The summed E-state index contributed by atoms with van der Waals surface area (Å²) in [5.41, 5.74) is 0.832. The maximum Gasteiger partial charge on any atom is 0.191 e. The Morgan fingerprint density at radius 3 is 2.44 bits per heavy atom. The van der Waals surface area contributed by atoms with Crippen molar-refractivity contribution < 1.29 is 9.18 Å². The molecule has 2 rings (SSSR count). The summed E-state index contributed by atoms with van der Waals surface area (Å²) in [6.45, 7) is 2.27. The normalized spacial score (nSPS) is 10.4. The van der Waals surface area contributed by atoms with E-state index in [1.165, 1.54) is 23.5 Å². The van der Waals surface area contributed by atoms with Crippen LogP contribution in [0.1, 0.15) is 14.5 Å². The molecule has 94 valence electrons. The van der Waals surface area contributed by atoms with E-state index < -0.39 is 0 Å². The number of thiophene rings is 1. The first-order chi connectivity index (χ1) is 8.56. The summed E-state index contributed by atoms with van der Waals surface area (Å²) in [6, 6.07) is 9.92. The molecular formula is C14H14FNOS. The van der Waals surface area contributed by atoms with Gasteiger partial charge in [-0.2, -0.15) is 0 Å². The van der Waals surface area contributed by atoms with Gasteiger partial charge in [-0.3, -0.25) is 4.79 Å². The first-order valence-corrected chi connectivity index (χ1v) is 6.44. The molecule has 0 spiro atoms. The highest BCUT2D eigenvalue weighted by Crippen LogP contribution is 2.18. The molecule has 1 heterocycles. The van der Waals surface area contributed by atoms with Crippen molar-refractivity contribution in [2.75, 3.05) is 18.5 Å². The van der Waals surface area contributed by atoms with Crippen molar-refractivity contribution in [3.8, 4) is 0 Å². The zero-order valence-electron chi connectivity index (χ0n) is 10.3. The summed E-state index contributed by atoms with van der Waals surface area (Å²) in [5, 5.41) is 0. The van der Waals surface area contributed by atoms with Crippen molar-refractivity contribution in [1.29, 1.82) is 0 Å². The number of carbonyl (C=O) groups excluding carboxylic acids is 1. The molecule has 2 nitrogen and oxygen atoms in total. The number of hydrogen-bond donors (Lipinski definition) is 0. The lowest BCUT2D eigenvalue weighted by Crippen LogP contribution is -2.25. The number of aryl methyl sites for hydroxylation is 1. The van der Waals surface area contributed by atoms with Crippen LogP contribution in [0.5, 0.6) is 0 Å². The van der Waals surface area contributed by atoms with Crippen LogP contribution in [0.2, 0.25) is 0 Å². The minimum absolute atomic E-state index is 0.0833. The molecule has 0 amide bonds. The molecule has 18 heavy (non-hydrogen) atoms. The van der Waals surface area contributed by atoms with Crippen LogP contribution < -0.4 is 4.90 Å². The highest BCUT2D eigenvalue weighted by molar-refractivity contribution is 7.14. The third kappa shape index (κ3) is 2.96. The van der Waals surface area contributed by atoms with Gasteiger partial charge in [0.2, 0.25) is 0 Å². The van der Waals surface area contributed by atoms with Crippen LogP contribution in [-0.4, -0.2) is 19.4 Å². The predicted molar refractivity (Wildman–Crippen MR) is 73.1 cm³/mol. The van der Waals surface area contributed by atoms with Gasteiger partial charge >= 0.3 is 0 Å². The van der Waals surface area contributed by atoms with Gasteiger partial charge in [0.15, 0.2) is 5.78 Å². The van der Waals surface area contributed by atoms with Crippen molar-refractivity contribution >= 4 is 22.8 Å². The fraction of sp³-hybridized carbons (Fsp3) is 0.214. The quantitative estimate of drug-likeness (QED) is 0.787. The van der Waals surface area contributed by atoms with Crippen LogP contribution in [0, 0.1) is 12.7 Å². The van der Waals surface area contributed by atoms with Crippen LogP contribution in [0.25, 0.3) is 0 Å². The Bertz CT molecular complexity index is 547. The van der Waals surface area contributed by atoms with Crippen LogP contribution in [0.4, 0.5) is 10.1 Å². The molecule has 1 aromatic heterocycles. The van der Waals surface area contributed by atoms with Crippen LogP contribution in [-0.2, 0) is 0 Å². The standard InChI is InChI=1S/C14H14FNOS/c1-10-3-8-14(18-10)13(17)9-16(2)12-6-4-11(15)5-7-12/h3-8H,9H2,1-2H3. The number of carbonyl (C=O) groups is 1. The van der Waals surface area contributed by atoms with Gasteiger partial charge in [0.05, 0.1) is 11.4 Å². The number of halogens is 1. The van der Waals surface area contributed by atoms with Crippen molar-refractivity contribution in [1.82, 2.24) is 0 Å². The summed E-state index contributed by atoms with van der Waals surface area (Å²) in [6.07, 6.45) is 0. The second kappa shape index (κ2) is 5.31. The van der Waals surface area contributed by atoms with E-state index in [2.05, 4.69) is 0 Å². The summed E-state index contributed by atoms with van der Waals surface area (Å²) < 4.78 is 12.8. The zero-order valence-corrected chi connectivity index (χ0v) is 11.1. The largest absolute Gasteiger partial charge is 0.367 e. The molecule has 0 aliphatic rings. The van der Waals surface area contributed by atoms with Gasteiger partial charge in [0, 0.05) is 17.6 Å². The van der Waals surface area contributed by atoms with Gasteiger partial charge in [0.1, 0.15) is 5.82 Å². The van der Waals surface area contributed by atoms with Gasteiger partial charge in [-0.05, 0) is 43.3 Å². The lowest BCUT2D eigenvalue weighted by molar-refractivity contribution is 0.100. The lowest BCUT2D eigenvalue weighted by atomic mass is 10.2. The average molecular weight is 263 g/mol. The third-order valence-electron chi connectivity index (χ3n) is 2.66. The lowest BCUT2D eigenvalue weighted by Gasteiger charge is -2.17. The molecule has 0 saturated heterocycles. The van der Waals surface area contributed by atoms with E-state index >= 15 is 0 Å². The van der Waals surface area contributed by atoms with Gasteiger partial charge in [-0.1, -0.05) is 0 Å². The molecule has 0 aliphatic heterocycles. The van der Waals surface area contributed by atoms with Gasteiger partial charge in [-0.15, -0.1) is 11.3 Å². The maximum absolute atomic E-state index is 12.8. The number of likely N-dealkylation sites (N-methyl/N-ethyl adjacent to an activating group) is 1. The number of ketones is 1. The molecule has 1 aromatic carbocycles. The van der Waals surface area contributed by atoms with E-state index in [1.807, 2.05) is 31.0 Å². The molecule has 4 heteroatoms. The number of Topliss-reactive ketones (excluding diaryl/α,β-unsaturated/α-hetero) is 1. The fourth-order valence-corrected chi connectivity index (χ4v) is 2.46. The number of anilines is 1. The molecule has 0 unspecified atom stereocenters. The molecule has 0 N–H and O–H groups in total. The summed E-state index contributed by atoms with van der Waals surface area (Å²) >= 11 is 1.50. The molecule has 0 fully saturated rings. The molecule has 0 aliphatic carbocycles. The van der Waals surface area contributed by atoms with E-state index in [4.69, 9.17) is 0 Å². The number of benzene rings is 1. The second-order valence-corrected chi connectivity index (χ2v) is 5.45. The van der Waals surface area contributed by atoms with Crippen molar-refractivity contribution in [2.24, 2.45) is 0 Å². The van der Waals surface area contributed by atoms with Gasteiger partial charge in [-0.25, -0.2) is 4.39 Å². The van der Waals surface area contributed by atoms with Crippen LogP contribution in [0.3, 0.4) is 0 Å². The monoisotopic (exact) mass is 263 g/mol. The number of rotatable bonds is 4. The Labute approximate surface area is 110 Å². The van der Waals surface area contributed by atoms with Gasteiger partial charge in [0.25, 0.3) is 0 Å². The Morgan fingerprint density at radius 2 is 1.89 bits per heavy atom. The van der Waals surface area contributed by atoms with E-state index in [0.29, 0.717) is 6.54 Å². The van der Waals surface area contributed by atoms with E-state index in [1.54, 1.807) is 12.1 Å².